The fraction of sp³-hybridized carbons (Fsp3) is 0.118. The molecular weight excluding hydrogens is 454 g/mol. The van der Waals surface area contributed by atoms with Gasteiger partial charge in [0.05, 0.1) is 0 Å². The minimum absolute atomic E-state index is 0.706. The van der Waals surface area contributed by atoms with Crippen LogP contribution in [0.15, 0.2) is 115 Å². The first-order valence-electron chi connectivity index (χ1n) is 12.7. The van der Waals surface area contributed by atoms with Gasteiger partial charge in [0, 0.05) is 37.1 Å². The number of hydrogen-bond acceptors (Lipinski definition) is 2. The van der Waals surface area contributed by atoms with Crippen LogP contribution in [0, 0.1) is 5.92 Å². The van der Waals surface area contributed by atoms with Crippen LogP contribution in [0.5, 0.6) is 0 Å². The van der Waals surface area contributed by atoms with Crippen LogP contribution in [0.4, 0.5) is 11.4 Å². The van der Waals surface area contributed by atoms with E-state index in [1.54, 1.807) is 0 Å². The predicted octanol–water partition coefficient (Wildman–Crippen LogP) is 10.3. The van der Waals surface area contributed by atoms with Gasteiger partial charge in [0.15, 0.2) is 0 Å². The largest absolute Gasteiger partial charge is 0.355 e. The van der Waals surface area contributed by atoms with Crippen molar-refractivity contribution in [3.8, 4) is 22.3 Å². The molecule has 1 unspecified atom stereocenters. The third-order valence-corrected chi connectivity index (χ3v) is 8.74. The predicted molar refractivity (Wildman–Crippen MR) is 156 cm³/mol. The third kappa shape index (κ3) is 3.79. The van der Waals surface area contributed by atoms with Crippen molar-refractivity contribution in [3.63, 3.8) is 0 Å². The van der Waals surface area contributed by atoms with Crippen molar-refractivity contribution in [2.24, 2.45) is 5.92 Å². The first-order chi connectivity index (χ1) is 17.7. The van der Waals surface area contributed by atoms with Crippen molar-refractivity contribution in [2.45, 2.75) is 19.3 Å². The van der Waals surface area contributed by atoms with Gasteiger partial charge in [-0.15, -0.1) is 11.3 Å². The smallest absolute Gasteiger partial charge is 0.0470 e. The van der Waals surface area contributed by atoms with Crippen molar-refractivity contribution in [2.75, 3.05) is 5.32 Å². The zero-order valence-corrected chi connectivity index (χ0v) is 21.1. The van der Waals surface area contributed by atoms with Crippen molar-refractivity contribution in [3.05, 3.63) is 121 Å². The molecule has 2 atom stereocenters. The van der Waals surface area contributed by atoms with Crippen LogP contribution in [0.2, 0.25) is 0 Å². The summed E-state index contributed by atoms with van der Waals surface area (Å²) in [5, 5.41) is 6.47. The molecule has 1 aliphatic carbocycles. The SMILES string of the molecule is C[C@@H]1CC1c1cccc(Nc2cc(-c3cccc4c3sc3ccccc34)ccc2-c2ccccc2)c1. The fourth-order valence-electron chi connectivity index (χ4n) is 5.45. The summed E-state index contributed by atoms with van der Waals surface area (Å²) >= 11 is 1.89. The molecule has 0 spiro atoms. The molecule has 1 nitrogen and oxygen atoms in total. The second kappa shape index (κ2) is 8.65. The number of fused-ring (bicyclic) bond motifs is 3. The van der Waals surface area contributed by atoms with Crippen LogP contribution >= 0.6 is 11.3 Å². The molecule has 1 heterocycles. The Morgan fingerprint density at radius 1 is 0.667 bits per heavy atom. The Morgan fingerprint density at radius 3 is 2.31 bits per heavy atom. The maximum Gasteiger partial charge on any atom is 0.0470 e. The number of nitrogens with one attached hydrogen (secondary N) is 1. The average molecular weight is 482 g/mol. The van der Waals surface area contributed by atoms with E-state index in [1.165, 1.54) is 54.4 Å². The number of benzene rings is 5. The summed E-state index contributed by atoms with van der Waals surface area (Å²) in [5.41, 5.74) is 8.70. The van der Waals surface area contributed by atoms with Crippen LogP contribution in [-0.4, -0.2) is 0 Å². The minimum Gasteiger partial charge on any atom is -0.355 e. The standard InChI is InChI=1S/C34H27NS/c1-22-19-31(22)24-11-7-12-26(20-24)35-32-21-25(17-18-27(32)23-9-3-2-4-10-23)28-14-8-15-30-29-13-5-6-16-33(29)36-34(28)30/h2-18,20-22,31,35H,19H2,1H3/t22-,31?/m1/s1. The highest BCUT2D eigenvalue weighted by molar-refractivity contribution is 7.26. The molecule has 1 fully saturated rings. The van der Waals surface area contributed by atoms with Gasteiger partial charge >= 0.3 is 0 Å². The number of thiophene rings is 1. The maximum absolute atomic E-state index is 3.80. The molecule has 7 rings (SSSR count). The average Bonchev–Trinajstić information content (AvgIpc) is 3.54. The molecule has 36 heavy (non-hydrogen) atoms. The normalized spacial score (nSPS) is 16.9. The Kier molecular flexibility index (Phi) is 5.15. The van der Waals surface area contributed by atoms with Gasteiger partial charge in [0.1, 0.15) is 0 Å². The Hall–Kier alpha value is -3.88. The van der Waals surface area contributed by atoms with Gasteiger partial charge in [-0.2, -0.15) is 0 Å². The van der Waals surface area contributed by atoms with E-state index in [1.807, 2.05) is 11.3 Å². The van der Waals surface area contributed by atoms with Gasteiger partial charge in [0.2, 0.25) is 0 Å². The molecule has 0 amide bonds. The molecule has 1 N–H and O–H groups in total. The van der Waals surface area contributed by atoms with E-state index in [0.717, 1.165) is 17.3 Å². The number of rotatable bonds is 5. The van der Waals surface area contributed by atoms with E-state index in [2.05, 4.69) is 128 Å². The summed E-state index contributed by atoms with van der Waals surface area (Å²) in [4.78, 5) is 0. The summed E-state index contributed by atoms with van der Waals surface area (Å²) in [6, 6.07) is 41.9. The van der Waals surface area contributed by atoms with Gasteiger partial charge in [-0.05, 0) is 64.8 Å². The molecule has 174 valence electrons. The molecule has 0 saturated heterocycles. The lowest BCUT2D eigenvalue weighted by atomic mass is 9.97. The molecule has 1 saturated carbocycles. The molecule has 0 bridgehead atoms. The number of anilines is 2. The third-order valence-electron chi connectivity index (χ3n) is 7.52. The first-order valence-corrected chi connectivity index (χ1v) is 13.5. The van der Waals surface area contributed by atoms with E-state index in [9.17, 15) is 0 Å². The Morgan fingerprint density at radius 2 is 1.44 bits per heavy atom. The monoisotopic (exact) mass is 481 g/mol. The lowest BCUT2D eigenvalue weighted by molar-refractivity contribution is 0.915. The fourth-order valence-corrected chi connectivity index (χ4v) is 6.69. The number of hydrogen-bond donors (Lipinski definition) is 1. The molecule has 6 aromatic rings. The Bertz CT molecular complexity index is 1710. The van der Waals surface area contributed by atoms with Gasteiger partial charge < -0.3 is 5.32 Å². The highest BCUT2D eigenvalue weighted by Crippen LogP contribution is 2.47. The van der Waals surface area contributed by atoms with Gasteiger partial charge in [-0.3, -0.25) is 0 Å². The van der Waals surface area contributed by atoms with Crippen molar-refractivity contribution in [1.29, 1.82) is 0 Å². The highest BCUT2D eigenvalue weighted by Gasteiger charge is 2.33. The van der Waals surface area contributed by atoms with Gasteiger partial charge in [-0.1, -0.05) is 97.9 Å². The quantitative estimate of drug-likeness (QED) is 0.258. The molecule has 0 radical (unpaired) electrons. The molecule has 0 aliphatic heterocycles. The van der Waals surface area contributed by atoms with E-state index < -0.39 is 0 Å². The summed E-state index contributed by atoms with van der Waals surface area (Å²) in [6.45, 7) is 2.34. The molecule has 2 heteroatoms. The second-order valence-corrected chi connectivity index (χ2v) is 11.0. The van der Waals surface area contributed by atoms with E-state index in [-0.39, 0.29) is 0 Å². The van der Waals surface area contributed by atoms with Crippen molar-refractivity contribution < 1.29 is 0 Å². The Balaban J connectivity index is 1.36. The summed E-state index contributed by atoms with van der Waals surface area (Å²) < 4.78 is 2.69. The lowest BCUT2D eigenvalue weighted by Gasteiger charge is -2.16. The van der Waals surface area contributed by atoms with Gasteiger partial charge in [-0.25, -0.2) is 0 Å². The summed E-state index contributed by atoms with van der Waals surface area (Å²) in [6.07, 6.45) is 1.30. The molecule has 1 aromatic heterocycles. The zero-order valence-electron chi connectivity index (χ0n) is 20.2. The summed E-state index contributed by atoms with van der Waals surface area (Å²) in [5.74, 6) is 1.50. The van der Waals surface area contributed by atoms with E-state index in [4.69, 9.17) is 0 Å². The first kappa shape index (κ1) is 21.4. The maximum atomic E-state index is 3.80. The Labute approximate surface area is 216 Å². The topological polar surface area (TPSA) is 12.0 Å². The summed E-state index contributed by atoms with van der Waals surface area (Å²) in [7, 11) is 0. The molecule has 5 aromatic carbocycles. The second-order valence-electron chi connectivity index (χ2n) is 9.98. The van der Waals surface area contributed by atoms with Crippen LogP contribution in [0.3, 0.4) is 0 Å². The zero-order chi connectivity index (χ0) is 24.1. The highest BCUT2D eigenvalue weighted by atomic mass is 32.1. The van der Waals surface area contributed by atoms with Crippen molar-refractivity contribution >= 4 is 42.9 Å². The van der Waals surface area contributed by atoms with Crippen molar-refractivity contribution in [1.82, 2.24) is 0 Å². The van der Waals surface area contributed by atoms with Crippen LogP contribution < -0.4 is 5.32 Å². The minimum atomic E-state index is 0.706. The molecule has 1 aliphatic rings. The van der Waals surface area contributed by atoms with E-state index >= 15 is 0 Å². The lowest BCUT2D eigenvalue weighted by Crippen LogP contribution is -1.95. The molecular formula is C34H27NS. The van der Waals surface area contributed by atoms with E-state index in [0.29, 0.717) is 5.92 Å². The van der Waals surface area contributed by atoms with Crippen LogP contribution in [0.25, 0.3) is 42.4 Å². The van der Waals surface area contributed by atoms with Crippen LogP contribution in [0.1, 0.15) is 24.8 Å². The van der Waals surface area contributed by atoms with Crippen LogP contribution in [-0.2, 0) is 0 Å². The van der Waals surface area contributed by atoms with Gasteiger partial charge in [0.25, 0.3) is 0 Å².